The van der Waals surface area contributed by atoms with Gasteiger partial charge < -0.3 is 9.47 Å². The Kier molecular flexibility index (Phi) is 5.34. The minimum absolute atomic E-state index is 0.661. The Hall–Kier alpha value is -0.930. The minimum atomic E-state index is 0.661. The second kappa shape index (κ2) is 7.01. The highest BCUT2D eigenvalue weighted by atomic mass is 35.5. The molecule has 0 atom stereocenters. The van der Waals surface area contributed by atoms with Gasteiger partial charge in [0, 0.05) is 17.6 Å². The van der Waals surface area contributed by atoms with E-state index in [0.29, 0.717) is 17.4 Å². The van der Waals surface area contributed by atoms with Crippen molar-refractivity contribution < 1.29 is 9.47 Å². The molecule has 2 rings (SSSR count). The van der Waals surface area contributed by atoms with Crippen LogP contribution in [0.15, 0.2) is 18.2 Å². The van der Waals surface area contributed by atoms with Gasteiger partial charge in [0.05, 0.1) is 7.11 Å². The molecule has 1 fully saturated rings. The number of piperidine rings is 1. The summed E-state index contributed by atoms with van der Waals surface area (Å²) in [7, 11) is 1.63. The molecular weight excluding hydrogens is 262 g/mol. The quantitative estimate of drug-likeness (QED) is 0.826. The fourth-order valence-corrected chi connectivity index (χ4v) is 2.49. The van der Waals surface area contributed by atoms with E-state index in [-0.39, 0.29) is 0 Å². The van der Waals surface area contributed by atoms with Gasteiger partial charge in [-0.3, -0.25) is 4.90 Å². The van der Waals surface area contributed by atoms with Crippen molar-refractivity contribution in [3.8, 4) is 11.5 Å². The van der Waals surface area contributed by atoms with Crippen molar-refractivity contribution in [2.45, 2.75) is 19.8 Å². The van der Waals surface area contributed by atoms with Crippen molar-refractivity contribution in [2.75, 3.05) is 33.4 Å². The van der Waals surface area contributed by atoms with Crippen molar-refractivity contribution >= 4 is 11.6 Å². The first-order chi connectivity index (χ1) is 9.19. The average Bonchev–Trinajstić information content (AvgIpc) is 2.42. The predicted molar refractivity (Wildman–Crippen MR) is 78.3 cm³/mol. The van der Waals surface area contributed by atoms with Gasteiger partial charge in [0.25, 0.3) is 0 Å². The molecule has 1 aliphatic rings. The molecule has 0 N–H and O–H groups in total. The highest BCUT2D eigenvalue weighted by molar-refractivity contribution is 6.30. The highest BCUT2D eigenvalue weighted by Gasteiger charge is 2.15. The van der Waals surface area contributed by atoms with E-state index in [0.717, 1.165) is 18.2 Å². The third-order valence-corrected chi connectivity index (χ3v) is 3.90. The smallest absolute Gasteiger partial charge is 0.162 e. The molecule has 0 aliphatic carbocycles. The molecule has 0 spiro atoms. The largest absolute Gasteiger partial charge is 0.493 e. The zero-order valence-corrected chi connectivity index (χ0v) is 12.4. The third-order valence-electron chi connectivity index (χ3n) is 3.67. The summed E-state index contributed by atoms with van der Waals surface area (Å²) < 4.78 is 11.0. The standard InChI is InChI=1S/C15H22ClNO2/c1-12-5-7-17(8-6-12)9-10-19-14-4-3-13(16)11-15(14)18-2/h3-4,11-12H,5-10H2,1-2H3. The van der Waals surface area contributed by atoms with Gasteiger partial charge in [-0.25, -0.2) is 0 Å². The zero-order chi connectivity index (χ0) is 13.7. The molecule has 0 radical (unpaired) electrons. The van der Waals surface area contributed by atoms with Gasteiger partial charge in [0.2, 0.25) is 0 Å². The van der Waals surface area contributed by atoms with E-state index < -0.39 is 0 Å². The van der Waals surface area contributed by atoms with Crippen molar-refractivity contribution in [3.63, 3.8) is 0 Å². The van der Waals surface area contributed by atoms with Crippen LogP contribution in [0.4, 0.5) is 0 Å². The Morgan fingerprint density at radius 3 is 2.68 bits per heavy atom. The lowest BCUT2D eigenvalue weighted by Crippen LogP contribution is -2.35. The van der Waals surface area contributed by atoms with Crippen LogP contribution in [-0.2, 0) is 0 Å². The molecule has 0 unspecified atom stereocenters. The SMILES string of the molecule is COc1cc(Cl)ccc1OCCN1CCC(C)CC1. The molecule has 0 saturated carbocycles. The predicted octanol–water partition coefficient (Wildman–Crippen LogP) is 3.46. The van der Waals surface area contributed by atoms with Crippen molar-refractivity contribution in [2.24, 2.45) is 5.92 Å². The normalized spacial score (nSPS) is 17.4. The zero-order valence-electron chi connectivity index (χ0n) is 11.7. The number of ether oxygens (including phenoxy) is 2. The van der Waals surface area contributed by atoms with Gasteiger partial charge >= 0.3 is 0 Å². The number of halogens is 1. The topological polar surface area (TPSA) is 21.7 Å². The van der Waals surface area contributed by atoms with Crippen LogP contribution in [0.2, 0.25) is 5.02 Å². The molecule has 1 aliphatic heterocycles. The van der Waals surface area contributed by atoms with Crippen LogP contribution < -0.4 is 9.47 Å². The Labute approximate surface area is 120 Å². The fraction of sp³-hybridized carbons (Fsp3) is 0.600. The summed E-state index contributed by atoms with van der Waals surface area (Å²) in [5, 5.41) is 0.661. The van der Waals surface area contributed by atoms with E-state index in [1.165, 1.54) is 25.9 Å². The van der Waals surface area contributed by atoms with Gasteiger partial charge in [-0.1, -0.05) is 18.5 Å². The minimum Gasteiger partial charge on any atom is -0.493 e. The molecular formula is C15H22ClNO2. The molecule has 1 aromatic rings. The second-order valence-electron chi connectivity index (χ2n) is 5.17. The highest BCUT2D eigenvalue weighted by Crippen LogP contribution is 2.29. The summed E-state index contributed by atoms with van der Waals surface area (Å²) in [5.41, 5.74) is 0. The number of likely N-dealkylation sites (tertiary alicyclic amines) is 1. The average molecular weight is 284 g/mol. The van der Waals surface area contributed by atoms with Crippen LogP contribution in [0.3, 0.4) is 0 Å². The van der Waals surface area contributed by atoms with E-state index in [2.05, 4.69) is 11.8 Å². The summed E-state index contributed by atoms with van der Waals surface area (Å²) in [6, 6.07) is 5.46. The Bertz CT molecular complexity index is 403. The van der Waals surface area contributed by atoms with Gasteiger partial charge in [0.1, 0.15) is 6.61 Å². The van der Waals surface area contributed by atoms with E-state index in [4.69, 9.17) is 21.1 Å². The van der Waals surface area contributed by atoms with Crippen LogP contribution in [-0.4, -0.2) is 38.3 Å². The van der Waals surface area contributed by atoms with Gasteiger partial charge in [-0.2, -0.15) is 0 Å². The van der Waals surface area contributed by atoms with Gasteiger partial charge in [-0.15, -0.1) is 0 Å². The lowest BCUT2D eigenvalue weighted by atomic mass is 9.99. The van der Waals surface area contributed by atoms with Gasteiger partial charge in [-0.05, 0) is 44.0 Å². The maximum Gasteiger partial charge on any atom is 0.162 e. The first-order valence-electron chi connectivity index (χ1n) is 6.87. The number of hydrogen-bond donors (Lipinski definition) is 0. The second-order valence-corrected chi connectivity index (χ2v) is 5.60. The van der Waals surface area contributed by atoms with Crippen LogP contribution >= 0.6 is 11.6 Å². The summed E-state index contributed by atoms with van der Waals surface area (Å²) in [6.45, 7) is 6.35. The first-order valence-corrected chi connectivity index (χ1v) is 7.25. The van der Waals surface area contributed by atoms with Crippen LogP contribution in [0, 0.1) is 5.92 Å². The van der Waals surface area contributed by atoms with E-state index in [1.54, 1.807) is 13.2 Å². The summed E-state index contributed by atoms with van der Waals surface area (Å²) >= 11 is 5.92. The number of benzene rings is 1. The number of nitrogens with zero attached hydrogens (tertiary/aromatic N) is 1. The molecule has 0 amide bonds. The summed E-state index contributed by atoms with van der Waals surface area (Å²) in [6.07, 6.45) is 2.59. The van der Waals surface area contributed by atoms with Crippen molar-refractivity contribution in [3.05, 3.63) is 23.2 Å². The number of rotatable bonds is 5. The Balaban J connectivity index is 1.79. The Morgan fingerprint density at radius 2 is 2.00 bits per heavy atom. The fourth-order valence-electron chi connectivity index (χ4n) is 2.33. The molecule has 4 heteroatoms. The third kappa shape index (κ3) is 4.29. The maximum atomic E-state index is 5.92. The van der Waals surface area contributed by atoms with Crippen LogP contribution in [0.1, 0.15) is 19.8 Å². The van der Waals surface area contributed by atoms with Crippen LogP contribution in [0.5, 0.6) is 11.5 Å². The number of hydrogen-bond acceptors (Lipinski definition) is 3. The van der Waals surface area contributed by atoms with E-state index in [9.17, 15) is 0 Å². The molecule has 106 valence electrons. The van der Waals surface area contributed by atoms with Crippen LogP contribution in [0.25, 0.3) is 0 Å². The van der Waals surface area contributed by atoms with Gasteiger partial charge in [0.15, 0.2) is 11.5 Å². The van der Waals surface area contributed by atoms with Crippen molar-refractivity contribution in [1.29, 1.82) is 0 Å². The monoisotopic (exact) mass is 283 g/mol. The summed E-state index contributed by atoms with van der Waals surface area (Å²) in [5.74, 6) is 2.32. The van der Waals surface area contributed by atoms with Crippen molar-refractivity contribution in [1.82, 2.24) is 4.90 Å². The van der Waals surface area contributed by atoms with E-state index >= 15 is 0 Å². The molecule has 0 aromatic heterocycles. The van der Waals surface area contributed by atoms with E-state index in [1.807, 2.05) is 12.1 Å². The molecule has 1 saturated heterocycles. The summed E-state index contributed by atoms with van der Waals surface area (Å²) in [4.78, 5) is 2.46. The molecule has 3 nitrogen and oxygen atoms in total. The lowest BCUT2D eigenvalue weighted by molar-refractivity contribution is 0.158. The lowest BCUT2D eigenvalue weighted by Gasteiger charge is -2.30. The molecule has 1 heterocycles. The molecule has 19 heavy (non-hydrogen) atoms. The Morgan fingerprint density at radius 1 is 1.26 bits per heavy atom. The maximum absolute atomic E-state index is 5.92. The number of methoxy groups -OCH3 is 1. The molecule has 1 aromatic carbocycles. The molecule has 0 bridgehead atoms. The first kappa shape index (κ1) is 14.5.